The normalized spacial score (nSPS) is 21.1. The second-order valence-electron chi connectivity index (χ2n) is 6.34. The number of fused-ring (bicyclic) bond motifs is 3. The molecule has 0 spiro atoms. The topological polar surface area (TPSA) is 121 Å². The molecule has 26 heavy (non-hydrogen) atoms. The van der Waals surface area contributed by atoms with Crippen LogP contribution in [0.25, 0.3) is 0 Å². The van der Waals surface area contributed by atoms with E-state index in [1.165, 1.54) is 13.8 Å². The van der Waals surface area contributed by atoms with Crippen LogP contribution in [-0.2, 0) is 15.0 Å². The molecular weight excluding hydrogens is 408 g/mol. The fraction of sp³-hybridized carbons (Fsp3) is 0.278. The van der Waals surface area contributed by atoms with Gasteiger partial charge in [-0.15, -0.1) is 0 Å². The third-order valence-electron chi connectivity index (χ3n) is 4.80. The van der Waals surface area contributed by atoms with Crippen molar-refractivity contribution in [3.8, 4) is 17.2 Å². The number of aromatic hydroxyl groups is 2. The summed E-state index contributed by atoms with van der Waals surface area (Å²) in [6, 6.07) is 0. The average Bonchev–Trinajstić information content (AvgIpc) is 2.86. The molecule has 3 rings (SSSR count). The first-order chi connectivity index (χ1) is 12.1. The number of hydrogen-bond acceptors (Lipinski definition) is 7. The summed E-state index contributed by atoms with van der Waals surface area (Å²) >= 11 is 3.02. The van der Waals surface area contributed by atoms with Crippen molar-refractivity contribution in [2.75, 3.05) is 5.33 Å². The molecular formula is C18H15BrO7. The SMILES string of the molecule is CC(=O)C1=C(O)C=C2Oc3c(C(=O)CBr)c(O)c(C)c(O)c3[C@@]2(C)C1=O. The van der Waals surface area contributed by atoms with E-state index in [-0.39, 0.29) is 33.5 Å². The number of phenolic OH excluding ortho intramolecular Hbond substituents is 2. The Morgan fingerprint density at radius 3 is 2.38 bits per heavy atom. The quantitative estimate of drug-likeness (QED) is 0.388. The highest BCUT2D eigenvalue weighted by atomic mass is 79.9. The fourth-order valence-corrected chi connectivity index (χ4v) is 3.64. The number of phenols is 2. The van der Waals surface area contributed by atoms with Crippen molar-refractivity contribution in [1.82, 2.24) is 0 Å². The molecule has 0 amide bonds. The monoisotopic (exact) mass is 422 g/mol. The second-order valence-corrected chi connectivity index (χ2v) is 6.90. The summed E-state index contributed by atoms with van der Waals surface area (Å²) in [4.78, 5) is 37.1. The Bertz CT molecular complexity index is 970. The second kappa shape index (κ2) is 5.70. The highest BCUT2D eigenvalue weighted by Gasteiger charge is 2.55. The van der Waals surface area contributed by atoms with E-state index in [4.69, 9.17) is 4.74 Å². The Kier molecular flexibility index (Phi) is 3.99. The fourth-order valence-electron chi connectivity index (χ4n) is 3.36. The first kappa shape index (κ1) is 18.2. The van der Waals surface area contributed by atoms with Crippen LogP contribution >= 0.6 is 15.9 Å². The Morgan fingerprint density at radius 1 is 1.23 bits per heavy atom. The highest BCUT2D eigenvalue weighted by Crippen LogP contribution is 2.57. The lowest BCUT2D eigenvalue weighted by atomic mass is 9.71. The summed E-state index contributed by atoms with van der Waals surface area (Å²) in [7, 11) is 0. The smallest absolute Gasteiger partial charge is 0.188 e. The van der Waals surface area contributed by atoms with Gasteiger partial charge in [-0.2, -0.15) is 0 Å². The number of alkyl halides is 1. The van der Waals surface area contributed by atoms with Crippen LogP contribution in [0.5, 0.6) is 17.2 Å². The van der Waals surface area contributed by atoms with Crippen LogP contribution in [0.3, 0.4) is 0 Å². The molecule has 1 aromatic carbocycles. The molecule has 0 fully saturated rings. The molecule has 0 unspecified atom stereocenters. The number of ketones is 3. The van der Waals surface area contributed by atoms with Crippen molar-refractivity contribution in [1.29, 1.82) is 0 Å². The molecule has 1 aliphatic carbocycles. The molecule has 0 bridgehead atoms. The summed E-state index contributed by atoms with van der Waals surface area (Å²) < 4.78 is 5.63. The number of ether oxygens (including phenoxy) is 1. The predicted octanol–water partition coefficient (Wildman–Crippen LogP) is 2.50. The van der Waals surface area contributed by atoms with E-state index in [2.05, 4.69) is 15.9 Å². The van der Waals surface area contributed by atoms with E-state index >= 15 is 0 Å². The van der Waals surface area contributed by atoms with Crippen molar-refractivity contribution in [3.63, 3.8) is 0 Å². The first-order valence-corrected chi connectivity index (χ1v) is 8.76. The van der Waals surface area contributed by atoms with Gasteiger partial charge < -0.3 is 20.1 Å². The molecule has 1 aliphatic heterocycles. The van der Waals surface area contributed by atoms with Gasteiger partial charge in [-0.3, -0.25) is 14.4 Å². The number of carbonyl (C=O) groups excluding carboxylic acids is 3. The van der Waals surface area contributed by atoms with Crippen molar-refractivity contribution >= 4 is 33.3 Å². The minimum atomic E-state index is -1.60. The molecule has 1 heterocycles. The van der Waals surface area contributed by atoms with Crippen LogP contribution in [0, 0.1) is 6.92 Å². The van der Waals surface area contributed by atoms with E-state index in [0.29, 0.717) is 0 Å². The minimum Gasteiger partial charge on any atom is -0.507 e. The van der Waals surface area contributed by atoms with Crippen LogP contribution in [0.4, 0.5) is 0 Å². The Balaban J connectivity index is 2.40. The van der Waals surface area contributed by atoms with Crippen molar-refractivity contribution < 1.29 is 34.4 Å². The molecule has 0 saturated carbocycles. The van der Waals surface area contributed by atoms with E-state index in [1.807, 2.05) is 0 Å². The lowest BCUT2D eigenvalue weighted by Crippen LogP contribution is -2.38. The lowest BCUT2D eigenvalue weighted by molar-refractivity contribution is -0.123. The third-order valence-corrected chi connectivity index (χ3v) is 5.31. The highest BCUT2D eigenvalue weighted by molar-refractivity contribution is 9.09. The number of carbonyl (C=O) groups is 3. The van der Waals surface area contributed by atoms with E-state index < -0.39 is 45.6 Å². The number of aliphatic hydroxyl groups is 1. The number of hydrogen-bond donors (Lipinski definition) is 3. The maximum absolute atomic E-state index is 13.0. The van der Waals surface area contributed by atoms with Crippen LogP contribution in [0.2, 0.25) is 0 Å². The zero-order valence-electron chi connectivity index (χ0n) is 14.1. The number of Topliss-reactive ketones (excluding diaryl/α,β-unsaturated/α-hetero) is 3. The number of aliphatic hydroxyl groups excluding tert-OH is 1. The summed E-state index contributed by atoms with van der Waals surface area (Å²) in [5.74, 6) is -3.51. The molecule has 8 heteroatoms. The van der Waals surface area contributed by atoms with Gasteiger partial charge in [0.25, 0.3) is 0 Å². The lowest BCUT2D eigenvalue weighted by Gasteiger charge is -2.28. The third kappa shape index (κ3) is 2.08. The Labute approximate surface area is 156 Å². The van der Waals surface area contributed by atoms with Gasteiger partial charge >= 0.3 is 0 Å². The molecule has 0 saturated heterocycles. The number of benzene rings is 1. The van der Waals surface area contributed by atoms with Crippen LogP contribution < -0.4 is 4.74 Å². The Hall–Kier alpha value is -2.61. The minimum absolute atomic E-state index is 0.00933. The zero-order valence-corrected chi connectivity index (χ0v) is 15.7. The Morgan fingerprint density at radius 2 is 1.85 bits per heavy atom. The van der Waals surface area contributed by atoms with Crippen LogP contribution in [-0.4, -0.2) is 38.0 Å². The first-order valence-electron chi connectivity index (χ1n) is 7.64. The predicted molar refractivity (Wildman–Crippen MR) is 94.0 cm³/mol. The zero-order chi connectivity index (χ0) is 19.5. The largest absolute Gasteiger partial charge is 0.507 e. The standard InChI is InChI=1S/C18H15BrO7/c1-6-14(23)12(9(22)5-19)16-13(15(6)24)18(3)10(26-16)4-8(21)11(7(2)20)17(18)25/h4,21,23-24H,5H2,1-3H3/t18-/m0/s1. The molecule has 7 nitrogen and oxygen atoms in total. The number of allylic oxidation sites excluding steroid dienone is 3. The van der Waals surface area contributed by atoms with E-state index in [9.17, 15) is 29.7 Å². The molecule has 0 radical (unpaired) electrons. The number of rotatable bonds is 3. The summed E-state index contributed by atoms with van der Waals surface area (Å²) in [6.45, 7) is 3.97. The van der Waals surface area contributed by atoms with Crippen molar-refractivity contribution in [3.05, 3.63) is 39.9 Å². The maximum atomic E-state index is 13.0. The van der Waals surface area contributed by atoms with Crippen LogP contribution in [0.1, 0.15) is 35.3 Å². The van der Waals surface area contributed by atoms with E-state index in [1.54, 1.807) is 0 Å². The molecule has 1 atom stereocenters. The van der Waals surface area contributed by atoms with Crippen molar-refractivity contribution in [2.45, 2.75) is 26.2 Å². The van der Waals surface area contributed by atoms with Gasteiger partial charge in [-0.25, -0.2) is 0 Å². The molecule has 3 N–H and O–H groups in total. The maximum Gasteiger partial charge on any atom is 0.188 e. The molecule has 2 aliphatic rings. The van der Waals surface area contributed by atoms with Crippen LogP contribution in [0.15, 0.2) is 23.2 Å². The average molecular weight is 423 g/mol. The van der Waals surface area contributed by atoms with Crippen molar-refractivity contribution in [2.24, 2.45) is 0 Å². The van der Waals surface area contributed by atoms with Gasteiger partial charge in [0.05, 0.1) is 10.9 Å². The van der Waals surface area contributed by atoms with Gasteiger partial charge in [0, 0.05) is 11.6 Å². The van der Waals surface area contributed by atoms with Gasteiger partial charge in [0.15, 0.2) is 17.3 Å². The van der Waals surface area contributed by atoms with Gasteiger partial charge in [0.1, 0.15) is 45.3 Å². The molecule has 0 aromatic heterocycles. The summed E-state index contributed by atoms with van der Waals surface area (Å²) in [5.41, 5.74) is -2.20. The van der Waals surface area contributed by atoms with Gasteiger partial charge in [-0.05, 0) is 20.8 Å². The summed E-state index contributed by atoms with van der Waals surface area (Å²) in [5, 5.41) is 30.8. The molecule has 136 valence electrons. The number of halogens is 1. The van der Waals surface area contributed by atoms with Gasteiger partial charge in [0.2, 0.25) is 0 Å². The molecule has 1 aromatic rings. The van der Waals surface area contributed by atoms with E-state index in [0.717, 1.165) is 13.0 Å². The summed E-state index contributed by atoms with van der Waals surface area (Å²) in [6.07, 6.45) is 1.12. The van der Waals surface area contributed by atoms with Gasteiger partial charge in [-0.1, -0.05) is 15.9 Å².